The summed E-state index contributed by atoms with van der Waals surface area (Å²) in [5.41, 5.74) is 8.41. The highest BCUT2D eigenvalue weighted by molar-refractivity contribution is 5.93. The maximum Gasteiger partial charge on any atom is 0.251 e. The number of carbonyl (C=O) groups is 1. The van der Waals surface area contributed by atoms with Crippen molar-refractivity contribution in [1.82, 2.24) is 5.32 Å². The van der Waals surface area contributed by atoms with Gasteiger partial charge in [0.05, 0.1) is 5.56 Å². The molecule has 2 aromatic carbocycles. The molecule has 0 radical (unpaired) electrons. The SMILES string of the molecule is NC(=O)c1cc2c(cc1F)CCCNC2Cc1ccccc1. The molecule has 1 heterocycles. The van der Waals surface area contributed by atoms with E-state index >= 15 is 0 Å². The van der Waals surface area contributed by atoms with Gasteiger partial charge in [0.1, 0.15) is 5.82 Å². The van der Waals surface area contributed by atoms with Crippen molar-refractivity contribution in [1.29, 1.82) is 0 Å². The number of hydrogen-bond acceptors (Lipinski definition) is 2. The molecule has 4 heteroatoms. The second-order valence-corrected chi connectivity index (χ2v) is 5.70. The van der Waals surface area contributed by atoms with Crippen molar-refractivity contribution >= 4 is 5.91 Å². The molecule has 0 fully saturated rings. The first-order chi connectivity index (χ1) is 10.6. The molecule has 3 N–H and O–H groups in total. The van der Waals surface area contributed by atoms with Gasteiger partial charge in [-0.2, -0.15) is 0 Å². The molecule has 1 aliphatic rings. The zero-order valence-electron chi connectivity index (χ0n) is 12.3. The van der Waals surface area contributed by atoms with E-state index in [0.717, 1.165) is 36.9 Å². The van der Waals surface area contributed by atoms with Crippen molar-refractivity contribution in [2.45, 2.75) is 25.3 Å². The predicted molar refractivity (Wildman–Crippen MR) is 84.1 cm³/mol. The van der Waals surface area contributed by atoms with Crippen LogP contribution in [0.2, 0.25) is 0 Å². The Bertz CT molecular complexity index is 685. The van der Waals surface area contributed by atoms with Crippen LogP contribution in [0.25, 0.3) is 0 Å². The van der Waals surface area contributed by atoms with Crippen LogP contribution in [0.3, 0.4) is 0 Å². The van der Waals surface area contributed by atoms with Gasteiger partial charge in [-0.15, -0.1) is 0 Å². The third-order valence-electron chi connectivity index (χ3n) is 4.17. The van der Waals surface area contributed by atoms with E-state index in [1.165, 1.54) is 11.6 Å². The number of nitrogens with two attached hydrogens (primary N) is 1. The van der Waals surface area contributed by atoms with Gasteiger partial charge in [0.2, 0.25) is 0 Å². The van der Waals surface area contributed by atoms with Gasteiger partial charge in [-0.05, 0) is 54.6 Å². The number of primary amides is 1. The van der Waals surface area contributed by atoms with E-state index in [9.17, 15) is 9.18 Å². The molecule has 0 aliphatic carbocycles. The van der Waals surface area contributed by atoms with Crippen LogP contribution in [-0.4, -0.2) is 12.5 Å². The van der Waals surface area contributed by atoms with Gasteiger partial charge in [-0.25, -0.2) is 4.39 Å². The molecular formula is C18H19FN2O. The van der Waals surface area contributed by atoms with E-state index in [1.807, 2.05) is 18.2 Å². The lowest BCUT2D eigenvalue weighted by Crippen LogP contribution is -2.24. The van der Waals surface area contributed by atoms with Crippen LogP contribution in [0.1, 0.15) is 39.5 Å². The Labute approximate surface area is 129 Å². The minimum Gasteiger partial charge on any atom is -0.366 e. The van der Waals surface area contributed by atoms with Crippen LogP contribution in [0.5, 0.6) is 0 Å². The Balaban J connectivity index is 2.00. The molecule has 1 unspecified atom stereocenters. The molecule has 2 aromatic rings. The van der Waals surface area contributed by atoms with Crippen molar-refractivity contribution in [3.8, 4) is 0 Å². The molecule has 1 aliphatic heterocycles. The number of benzene rings is 2. The molecule has 114 valence electrons. The van der Waals surface area contributed by atoms with E-state index in [2.05, 4.69) is 17.4 Å². The summed E-state index contributed by atoms with van der Waals surface area (Å²) in [6, 6.07) is 13.3. The second kappa shape index (κ2) is 6.28. The Morgan fingerprint density at radius 2 is 2.05 bits per heavy atom. The fourth-order valence-electron chi connectivity index (χ4n) is 3.06. The van der Waals surface area contributed by atoms with Gasteiger partial charge < -0.3 is 11.1 Å². The van der Waals surface area contributed by atoms with Gasteiger partial charge in [0, 0.05) is 6.04 Å². The van der Waals surface area contributed by atoms with Crippen LogP contribution in [0, 0.1) is 5.82 Å². The first-order valence-corrected chi connectivity index (χ1v) is 7.54. The highest BCUT2D eigenvalue weighted by Crippen LogP contribution is 2.28. The number of fused-ring (bicyclic) bond motifs is 1. The molecule has 1 amide bonds. The normalized spacial score (nSPS) is 17.6. The fourth-order valence-corrected chi connectivity index (χ4v) is 3.06. The van der Waals surface area contributed by atoms with E-state index in [0.29, 0.717) is 0 Å². The lowest BCUT2D eigenvalue weighted by Gasteiger charge is -2.20. The number of nitrogens with one attached hydrogen (secondary N) is 1. The number of amides is 1. The lowest BCUT2D eigenvalue weighted by molar-refractivity contribution is 0.0996. The maximum atomic E-state index is 14.0. The Morgan fingerprint density at radius 1 is 1.27 bits per heavy atom. The Kier molecular flexibility index (Phi) is 4.20. The summed E-state index contributed by atoms with van der Waals surface area (Å²) in [7, 11) is 0. The van der Waals surface area contributed by atoms with Gasteiger partial charge in [0.25, 0.3) is 5.91 Å². The van der Waals surface area contributed by atoms with Crippen molar-refractivity contribution in [3.63, 3.8) is 0 Å². The first kappa shape index (κ1) is 14.7. The number of halogens is 1. The number of hydrogen-bond donors (Lipinski definition) is 2. The van der Waals surface area contributed by atoms with E-state index in [-0.39, 0.29) is 11.6 Å². The molecule has 0 saturated heterocycles. The van der Waals surface area contributed by atoms with Gasteiger partial charge >= 0.3 is 0 Å². The molecule has 3 nitrogen and oxygen atoms in total. The minimum absolute atomic E-state index is 0.0273. The largest absolute Gasteiger partial charge is 0.366 e. The smallest absolute Gasteiger partial charge is 0.251 e. The Hall–Kier alpha value is -2.20. The van der Waals surface area contributed by atoms with Crippen LogP contribution >= 0.6 is 0 Å². The fraction of sp³-hybridized carbons (Fsp3) is 0.278. The predicted octanol–water partition coefficient (Wildman–Crippen LogP) is 2.74. The van der Waals surface area contributed by atoms with Crippen molar-refractivity contribution in [2.75, 3.05) is 6.54 Å². The molecule has 0 bridgehead atoms. The van der Waals surface area contributed by atoms with E-state index in [4.69, 9.17) is 5.73 Å². The lowest BCUT2D eigenvalue weighted by atomic mass is 9.92. The number of rotatable bonds is 3. The number of aryl methyl sites for hydroxylation is 1. The van der Waals surface area contributed by atoms with Gasteiger partial charge in [0.15, 0.2) is 0 Å². The van der Waals surface area contributed by atoms with Gasteiger partial charge in [-0.1, -0.05) is 30.3 Å². The van der Waals surface area contributed by atoms with Crippen molar-refractivity contribution < 1.29 is 9.18 Å². The third-order valence-corrected chi connectivity index (χ3v) is 4.17. The number of carbonyl (C=O) groups excluding carboxylic acids is 1. The summed E-state index contributed by atoms with van der Waals surface area (Å²) in [5, 5.41) is 3.50. The zero-order chi connectivity index (χ0) is 15.5. The van der Waals surface area contributed by atoms with Crippen LogP contribution in [0.4, 0.5) is 4.39 Å². The van der Waals surface area contributed by atoms with E-state index in [1.54, 1.807) is 6.07 Å². The Morgan fingerprint density at radius 3 is 2.77 bits per heavy atom. The highest BCUT2D eigenvalue weighted by Gasteiger charge is 2.22. The van der Waals surface area contributed by atoms with Gasteiger partial charge in [-0.3, -0.25) is 4.79 Å². The van der Waals surface area contributed by atoms with E-state index < -0.39 is 11.7 Å². The molecule has 3 rings (SSSR count). The molecule has 22 heavy (non-hydrogen) atoms. The van der Waals surface area contributed by atoms with Crippen molar-refractivity contribution in [3.05, 3.63) is 70.5 Å². The van der Waals surface area contributed by atoms with Crippen LogP contribution in [-0.2, 0) is 12.8 Å². The maximum absolute atomic E-state index is 14.0. The topological polar surface area (TPSA) is 55.1 Å². The first-order valence-electron chi connectivity index (χ1n) is 7.54. The summed E-state index contributed by atoms with van der Waals surface area (Å²) in [4.78, 5) is 11.4. The average Bonchev–Trinajstić information content (AvgIpc) is 2.69. The molecule has 0 aromatic heterocycles. The minimum atomic E-state index is -0.719. The second-order valence-electron chi connectivity index (χ2n) is 5.70. The third kappa shape index (κ3) is 3.02. The summed E-state index contributed by atoms with van der Waals surface area (Å²) < 4.78 is 14.0. The average molecular weight is 298 g/mol. The summed E-state index contributed by atoms with van der Waals surface area (Å²) in [6.07, 6.45) is 2.56. The van der Waals surface area contributed by atoms with Crippen molar-refractivity contribution in [2.24, 2.45) is 5.73 Å². The van der Waals surface area contributed by atoms with Crippen LogP contribution in [0.15, 0.2) is 42.5 Å². The molecule has 1 atom stereocenters. The summed E-state index contributed by atoms with van der Waals surface area (Å²) in [6.45, 7) is 0.875. The summed E-state index contributed by atoms with van der Waals surface area (Å²) >= 11 is 0. The highest BCUT2D eigenvalue weighted by atomic mass is 19.1. The molecule has 0 saturated carbocycles. The summed E-state index contributed by atoms with van der Waals surface area (Å²) in [5.74, 6) is -1.24. The zero-order valence-corrected chi connectivity index (χ0v) is 12.3. The molecule has 0 spiro atoms. The quantitative estimate of drug-likeness (QED) is 0.915. The van der Waals surface area contributed by atoms with Crippen LogP contribution < -0.4 is 11.1 Å². The molecular weight excluding hydrogens is 279 g/mol. The standard InChI is InChI=1S/C18H19FN2O/c19-16-10-13-7-4-8-21-17(9-12-5-2-1-3-6-12)14(13)11-15(16)18(20)22/h1-3,5-6,10-11,17,21H,4,7-9H2,(H2,20,22). The monoisotopic (exact) mass is 298 g/mol.